The lowest BCUT2D eigenvalue weighted by Gasteiger charge is -2.09. The number of nitriles is 1. The summed E-state index contributed by atoms with van der Waals surface area (Å²) < 4.78 is 11.0. The van der Waals surface area contributed by atoms with Crippen LogP contribution in [-0.4, -0.2) is 12.6 Å². The lowest BCUT2D eigenvalue weighted by atomic mass is 10.1. The average Bonchev–Trinajstić information content (AvgIpc) is 2.61. The van der Waals surface area contributed by atoms with Gasteiger partial charge in [0.2, 0.25) is 0 Å². The Morgan fingerprint density at radius 2 is 1.92 bits per heavy atom. The molecule has 2 aromatic rings. The van der Waals surface area contributed by atoms with Crippen LogP contribution < -0.4 is 9.47 Å². The van der Waals surface area contributed by atoms with Gasteiger partial charge in [0.1, 0.15) is 23.1 Å². The molecule has 0 fully saturated rings. The van der Waals surface area contributed by atoms with E-state index in [1.54, 1.807) is 18.2 Å². The summed E-state index contributed by atoms with van der Waals surface area (Å²) in [5.74, 6) is 0.372. The van der Waals surface area contributed by atoms with Gasteiger partial charge in [-0.05, 0) is 55.7 Å². The van der Waals surface area contributed by atoms with Gasteiger partial charge in [0, 0.05) is 5.56 Å². The van der Waals surface area contributed by atoms with Crippen molar-refractivity contribution in [3.8, 4) is 17.6 Å². The predicted octanol–water partition coefficient (Wildman–Crippen LogP) is 4.60. The summed E-state index contributed by atoms with van der Waals surface area (Å²) in [5, 5.41) is 9.34. The van der Waals surface area contributed by atoms with Gasteiger partial charge in [0.15, 0.2) is 0 Å². The molecule has 0 aliphatic rings. The zero-order valence-corrected chi connectivity index (χ0v) is 14.7. The SMILES string of the molecule is CCCOc1ccccc1/C=C(\C#N)C(=O)Oc1ccc(C)c(C)c1. The van der Waals surface area contributed by atoms with Crippen LogP contribution in [0.3, 0.4) is 0 Å². The van der Waals surface area contributed by atoms with Crippen molar-refractivity contribution in [1.29, 1.82) is 5.26 Å². The third-order valence-electron chi connectivity index (χ3n) is 3.71. The highest BCUT2D eigenvalue weighted by Crippen LogP contribution is 2.22. The average molecular weight is 335 g/mol. The number of hydrogen-bond donors (Lipinski definition) is 0. The highest BCUT2D eigenvalue weighted by molar-refractivity contribution is 5.99. The lowest BCUT2D eigenvalue weighted by Crippen LogP contribution is -2.10. The second-order valence-corrected chi connectivity index (χ2v) is 5.69. The number of para-hydroxylation sites is 1. The topological polar surface area (TPSA) is 59.3 Å². The van der Waals surface area contributed by atoms with Gasteiger partial charge < -0.3 is 9.47 Å². The van der Waals surface area contributed by atoms with E-state index in [1.165, 1.54) is 6.08 Å². The Labute approximate surface area is 148 Å². The van der Waals surface area contributed by atoms with Gasteiger partial charge in [-0.2, -0.15) is 5.26 Å². The van der Waals surface area contributed by atoms with Gasteiger partial charge in [0.25, 0.3) is 0 Å². The van der Waals surface area contributed by atoms with Crippen molar-refractivity contribution in [2.45, 2.75) is 27.2 Å². The summed E-state index contributed by atoms with van der Waals surface area (Å²) >= 11 is 0. The molecule has 0 heterocycles. The van der Waals surface area contributed by atoms with E-state index in [2.05, 4.69) is 0 Å². The molecule has 0 atom stereocenters. The fourth-order valence-corrected chi connectivity index (χ4v) is 2.18. The molecule has 0 saturated carbocycles. The quantitative estimate of drug-likeness (QED) is 0.335. The van der Waals surface area contributed by atoms with E-state index in [1.807, 2.05) is 51.1 Å². The normalized spacial score (nSPS) is 10.9. The van der Waals surface area contributed by atoms with Crippen molar-refractivity contribution in [1.82, 2.24) is 0 Å². The summed E-state index contributed by atoms with van der Waals surface area (Å²) in [6.07, 6.45) is 2.37. The maximum atomic E-state index is 12.3. The second-order valence-electron chi connectivity index (χ2n) is 5.69. The first kappa shape index (κ1) is 18.3. The molecule has 4 heteroatoms. The standard InChI is InChI=1S/C21H21NO3/c1-4-11-24-20-8-6-5-7-17(20)13-18(14-22)21(23)25-19-10-9-15(2)16(3)12-19/h5-10,12-13H,4,11H2,1-3H3/b18-13+. The van der Waals surface area contributed by atoms with Crippen LogP contribution in [0.15, 0.2) is 48.0 Å². The zero-order valence-electron chi connectivity index (χ0n) is 14.7. The molecular weight excluding hydrogens is 314 g/mol. The Kier molecular flexibility index (Phi) is 6.36. The van der Waals surface area contributed by atoms with Crippen LogP contribution in [0.5, 0.6) is 11.5 Å². The number of rotatable bonds is 6. The third kappa shape index (κ3) is 4.95. The molecule has 0 spiro atoms. The number of ether oxygens (including phenoxy) is 2. The van der Waals surface area contributed by atoms with Crippen molar-refractivity contribution in [3.63, 3.8) is 0 Å². The number of benzene rings is 2. The maximum Gasteiger partial charge on any atom is 0.354 e. The molecule has 0 N–H and O–H groups in total. The highest BCUT2D eigenvalue weighted by Gasteiger charge is 2.14. The number of hydrogen-bond acceptors (Lipinski definition) is 4. The van der Waals surface area contributed by atoms with E-state index >= 15 is 0 Å². The number of esters is 1. The van der Waals surface area contributed by atoms with Crippen LogP contribution in [-0.2, 0) is 4.79 Å². The minimum absolute atomic E-state index is 0.0780. The van der Waals surface area contributed by atoms with Crippen molar-refractivity contribution in [2.24, 2.45) is 0 Å². The van der Waals surface area contributed by atoms with Gasteiger partial charge in [0.05, 0.1) is 6.61 Å². The molecule has 0 aliphatic carbocycles. The smallest absolute Gasteiger partial charge is 0.354 e. The van der Waals surface area contributed by atoms with Gasteiger partial charge in [-0.3, -0.25) is 0 Å². The van der Waals surface area contributed by atoms with Crippen LogP contribution in [0.2, 0.25) is 0 Å². The molecule has 2 aromatic carbocycles. The summed E-state index contributed by atoms with van der Waals surface area (Å²) in [6, 6.07) is 14.6. The molecule has 0 unspecified atom stereocenters. The van der Waals surface area contributed by atoms with Crippen LogP contribution in [0.1, 0.15) is 30.0 Å². The molecule has 25 heavy (non-hydrogen) atoms. The molecule has 128 valence electrons. The van der Waals surface area contributed by atoms with Crippen molar-refractivity contribution < 1.29 is 14.3 Å². The predicted molar refractivity (Wildman–Crippen MR) is 97.4 cm³/mol. The minimum atomic E-state index is -0.684. The van der Waals surface area contributed by atoms with Crippen molar-refractivity contribution in [2.75, 3.05) is 6.61 Å². The van der Waals surface area contributed by atoms with Gasteiger partial charge in [-0.1, -0.05) is 31.2 Å². The fraction of sp³-hybridized carbons (Fsp3) is 0.238. The Hall–Kier alpha value is -3.06. The maximum absolute atomic E-state index is 12.3. The molecule has 2 rings (SSSR count). The van der Waals surface area contributed by atoms with Crippen LogP contribution in [0.4, 0.5) is 0 Å². The zero-order chi connectivity index (χ0) is 18.2. The van der Waals surface area contributed by atoms with E-state index in [-0.39, 0.29) is 5.57 Å². The number of carbonyl (C=O) groups excluding carboxylic acids is 1. The molecule has 0 bridgehead atoms. The van der Waals surface area contributed by atoms with Crippen LogP contribution >= 0.6 is 0 Å². The Bertz CT molecular complexity index is 831. The minimum Gasteiger partial charge on any atom is -0.493 e. The first-order valence-electron chi connectivity index (χ1n) is 8.18. The van der Waals surface area contributed by atoms with Gasteiger partial charge in [-0.15, -0.1) is 0 Å². The molecule has 0 amide bonds. The molecule has 0 saturated heterocycles. The Morgan fingerprint density at radius 1 is 1.16 bits per heavy atom. The van der Waals surface area contributed by atoms with Crippen LogP contribution in [0, 0.1) is 25.2 Å². The van der Waals surface area contributed by atoms with Gasteiger partial charge in [-0.25, -0.2) is 4.79 Å². The van der Waals surface area contributed by atoms with E-state index in [4.69, 9.17) is 9.47 Å². The van der Waals surface area contributed by atoms with Crippen molar-refractivity contribution >= 4 is 12.0 Å². The number of carbonyl (C=O) groups is 1. The first-order valence-corrected chi connectivity index (χ1v) is 8.18. The van der Waals surface area contributed by atoms with E-state index in [0.717, 1.165) is 17.5 Å². The first-order chi connectivity index (χ1) is 12.0. The highest BCUT2D eigenvalue weighted by atomic mass is 16.5. The molecule has 4 nitrogen and oxygen atoms in total. The van der Waals surface area contributed by atoms with E-state index in [0.29, 0.717) is 23.7 Å². The molecular formula is C21H21NO3. The summed E-state index contributed by atoms with van der Waals surface area (Å²) in [5.41, 5.74) is 2.72. The van der Waals surface area contributed by atoms with Crippen molar-refractivity contribution in [3.05, 3.63) is 64.7 Å². The molecule has 0 radical (unpaired) electrons. The summed E-state index contributed by atoms with van der Waals surface area (Å²) in [4.78, 5) is 12.3. The summed E-state index contributed by atoms with van der Waals surface area (Å²) in [6.45, 7) is 6.50. The van der Waals surface area contributed by atoms with Gasteiger partial charge >= 0.3 is 5.97 Å². The number of nitrogens with zero attached hydrogens (tertiary/aromatic N) is 1. The fourth-order valence-electron chi connectivity index (χ4n) is 2.18. The monoisotopic (exact) mass is 335 g/mol. The Morgan fingerprint density at radius 3 is 2.60 bits per heavy atom. The lowest BCUT2D eigenvalue weighted by molar-refractivity contribution is -0.129. The molecule has 0 aromatic heterocycles. The second kappa shape index (κ2) is 8.70. The van der Waals surface area contributed by atoms with E-state index in [9.17, 15) is 10.1 Å². The molecule has 0 aliphatic heterocycles. The third-order valence-corrected chi connectivity index (χ3v) is 3.71. The Balaban J connectivity index is 2.23. The number of aryl methyl sites for hydroxylation is 2. The van der Waals surface area contributed by atoms with Crippen LogP contribution in [0.25, 0.3) is 6.08 Å². The summed E-state index contributed by atoms with van der Waals surface area (Å²) in [7, 11) is 0. The largest absolute Gasteiger partial charge is 0.493 e. The van der Waals surface area contributed by atoms with E-state index < -0.39 is 5.97 Å².